The second-order valence-electron chi connectivity index (χ2n) is 6.96. The number of hydrogen-bond acceptors (Lipinski definition) is 6. The van der Waals surface area contributed by atoms with Crippen LogP contribution in [0.3, 0.4) is 0 Å². The van der Waals surface area contributed by atoms with Gasteiger partial charge in [0.05, 0.1) is 16.7 Å². The summed E-state index contributed by atoms with van der Waals surface area (Å²) >= 11 is 7.34. The molecular formula is C23H17ClN4O2S. The number of thioether (sulfide) groups is 1. The minimum atomic E-state index is -0.0480. The zero-order chi connectivity index (χ0) is 21.4. The molecule has 0 aliphatic carbocycles. The van der Waals surface area contributed by atoms with Crippen molar-refractivity contribution < 1.29 is 4.42 Å². The van der Waals surface area contributed by atoms with Crippen molar-refractivity contribution in [2.45, 2.75) is 24.4 Å². The molecule has 0 fully saturated rings. The molecule has 0 aliphatic heterocycles. The largest absolute Gasteiger partial charge is 0.420 e. The normalized spacial score (nSPS) is 11.4. The topological polar surface area (TPSA) is 73.8 Å². The lowest BCUT2D eigenvalue weighted by Gasteiger charge is -2.11. The second-order valence-corrected chi connectivity index (χ2v) is 8.34. The van der Waals surface area contributed by atoms with Crippen LogP contribution in [-0.2, 0) is 12.3 Å². The number of aromatic nitrogens is 4. The zero-order valence-corrected chi connectivity index (χ0v) is 18.2. The summed E-state index contributed by atoms with van der Waals surface area (Å²) in [6.07, 6.45) is 0. The molecule has 5 rings (SSSR count). The van der Waals surface area contributed by atoms with Crippen molar-refractivity contribution >= 4 is 45.0 Å². The van der Waals surface area contributed by atoms with E-state index < -0.39 is 0 Å². The summed E-state index contributed by atoms with van der Waals surface area (Å²) in [6, 6.07) is 19.0. The predicted octanol–water partition coefficient (Wildman–Crippen LogP) is 5.57. The Balaban J connectivity index is 1.46. The molecule has 0 N–H and O–H groups in total. The smallest absolute Gasteiger partial charge is 0.262 e. The average Bonchev–Trinajstić information content (AvgIpc) is 3.26. The molecule has 8 heteroatoms. The maximum atomic E-state index is 13.1. The van der Waals surface area contributed by atoms with Gasteiger partial charge in [-0.05, 0) is 54.1 Å². The fraction of sp³-hybridized carbons (Fsp3) is 0.130. The number of fused-ring (bicyclic) bond motifs is 2. The van der Waals surface area contributed by atoms with Crippen LogP contribution in [0, 0.1) is 0 Å². The third kappa shape index (κ3) is 3.82. The van der Waals surface area contributed by atoms with Gasteiger partial charge in [-0.3, -0.25) is 9.36 Å². The van der Waals surface area contributed by atoms with Crippen molar-refractivity contribution in [1.82, 2.24) is 19.7 Å². The SMILES string of the molecule is CCn1c(SCc2nnc(-c3ccc(Cl)cc3)o2)nc2cc3ccccc3cc2c1=O. The Morgan fingerprint density at radius 3 is 2.52 bits per heavy atom. The van der Waals surface area contributed by atoms with Crippen LogP contribution in [-0.4, -0.2) is 19.7 Å². The fourth-order valence-corrected chi connectivity index (χ4v) is 4.45. The molecule has 2 heterocycles. The molecule has 154 valence electrons. The molecule has 31 heavy (non-hydrogen) atoms. The van der Waals surface area contributed by atoms with Gasteiger partial charge < -0.3 is 4.42 Å². The first-order valence-corrected chi connectivity index (χ1v) is 11.1. The predicted molar refractivity (Wildman–Crippen MR) is 123 cm³/mol. The molecule has 2 aromatic heterocycles. The first-order valence-electron chi connectivity index (χ1n) is 9.77. The van der Waals surface area contributed by atoms with E-state index >= 15 is 0 Å². The van der Waals surface area contributed by atoms with E-state index in [-0.39, 0.29) is 5.56 Å². The van der Waals surface area contributed by atoms with Gasteiger partial charge in [-0.15, -0.1) is 10.2 Å². The quantitative estimate of drug-likeness (QED) is 0.199. The molecule has 0 atom stereocenters. The molecule has 0 saturated carbocycles. The molecule has 0 saturated heterocycles. The standard InChI is InChI=1S/C23H17ClN4O2S/c1-2-28-22(29)18-11-15-5-3-4-6-16(15)12-19(18)25-23(28)31-13-20-26-27-21(30-20)14-7-9-17(24)10-8-14/h3-12H,2,13H2,1H3. The van der Waals surface area contributed by atoms with Crippen LogP contribution in [0.25, 0.3) is 33.1 Å². The summed E-state index contributed by atoms with van der Waals surface area (Å²) in [7, 11) is 0. The highest BCUT2D eigenvalue weighted by Gasteiger charge is 2.14. The van der Waals surface area contributed by atoms with E-state index in [1.54, 1.807) is 16.7 Å². The number of hydrogen-bond donors (Lipinski definition) is 0. The van der Waals surface area contributed by atoms with Gasteiger partial charge in [0.15, 0.2) is 5.16 Å². The summed E-state index contributed by atoms with van der Waals surface area (Å²) in [4.78, 5) is 17.9. The summed E-state index contributed by atoms with van der Waals surface area (Å²) in [6.45, 7) is 2.46. The molecular weight excluding hydrogens is 432 g/mol. The Morgan fingerprint density at radius 1 is 1.03 bits per heavy atom. The Kier molecular flexibility index (Phi) is 5.21. The van der Waals surface area contributed by atoms with E-state index in [0.717, 1.165) is 16.3 Å². The van der Waals surface area contributed by atoms with Crippen LogP contribution in [0.1, 0.15) is 12.8 Å². The van der Waals surface area contributed by atoms with E-state index in [1.165, 1.54) is 11.8 Å². The van der Waals surface area contributed by atoms with Gasteiger partial charge >= 0.3 is 0 Å². The van der Waals surface area contributed by atoms with Crippen LogP contribution in [0.4, 0.5) is 0 Å². The third-order valence-corrected chi connectivity index (χ3v) is 6.20. The number of rotatable bonds is 5. The number of halogens is 1. The lowest BCUT2D eigenvalue weighted by atomic mass is 10.1. The Hall–Kier alpha value is -3.16. The van der Waals surface area contributed by atoms with Gasteiger partial charge in [0.1, 0.15) is 0 Å². The molecule has 0 bridgehead atoms. The summed E-state index contributed by atoms with van der Waals surface area (Å²) < 4.78 is 7.46. The molecule has 0 aliphatic rings. The first-order chi connectivity index (χ1) is 15.1. The highest BCUT2D eigenvalue weighted by molar-refractivity contribution is 7.98. The van der Waals surface area contributed by atoms with Gasteiger partial charge in [0, 0.05) is 17.1 Å². The van der Waals surface area contributed by atoms with Crippen molar-refractivity contribution in [3.63, 3.8) is 0 Å². The third-order valence-electron chi connectivity index (χ3n) is 4.99. The van der Waals surface area contributed by atoms with E-state index in [9.17, 15) is 4.79 Å². The summed E-state index contributed by atoms with van der Waals surface area (Å²) in [5.74, 6) is 1.30. The molecule has 0 amide bonds. The van der Waals surface area contributed by atoms with E-state index in [0.29, 0.717) is 45.2 Å². The molecule has 6 nitrogen and oxygen atoms in total. The van der Waals surface area contributed by atoms with Crippen molar-refractivity contribution in [2.24, 2.45) is 0 Å². The van der Waals surface area contributed by atoms with E-state index in [2.05, 4.69) is 10.2 Å². The highest BCUT2D eigenvalue weighted by Crippen LogP contribution is 2.26. The van der Waals surface area contributed by atoms with Crippen LogP contribution >= 0.6 is 23.4 Å². The minimum Gasteiger partial charge on any atom is -0.420 e. The van der Waals surface area contributed by atoms with E-state index in [1.807, 2.05) is 55.5 Å². The van der Waals surface area contributed by atoms with Crippen LogP contribution in [0.2, 0.25) is 5.02 Å². The van der Waals surface area contributed by atoms with Crippen LogP contribution in [0.15, 0.2) is 75.0 Å². The van der Waals surface area contributed by atoms with Crippen molar-refractivity contribution in [2.75, 3.05) is 0 Å². The Morgan fingerprint density at radius 2 is 1.77 bits per heavy atom. The average molecular weight is 449 g/mol. The van der Waals surface area contributed by atoms with Crippen molar-refractivity contribution in [3.05, 3.63) is 81.9 Å². The van der Waals surface area contributed by atoms with Gasteiger partial charge in [0.25, 0.3) is 5.56 Å². The Labute approximate surface area is 186 Å². The first kappa shape index (κ1) is 19.8. The summed E-state index contributed by atoms with van der Waals surface area (Å²) in [5, 5.41) is 12.2. The van der Waals surface area contributed by atoms with Gasteiger partial charge in [-0.2, -0.15) is 0 Å². The van der Waals surface area contributed by atoms with Crippen molar-refractivity contribution in [3.8, 4) is 11.5 Å². The zero-order valence-electron chi connectivity index (χ0n) is 16.6. The molecule has 0 spiro atoms. The second kappa shape index (κ2) is 8.17. The summed E-state index contributed by atoms with van der Waals surface area (Å²) in [5.41, 5.74) is 1.44. The minimum absolute atomic E-state index is 0.0480. The maximum Gasteiger partial charge on any atom is 0.262 e. The van der Waals surface area contributed by atoms with Gasteiger partial charge in [-0.25, -0.2) is 4.98 Å². The maximum absolute atomic E-state index is 13.1. The van der Waals surface area contributed by atoms with Gasteiger partial charge in [0.2, 0.25) is 11.8 Å². The Bertz CT molecular complexity index is 1460. The van der Waals surface area contributed by atoms with Crippen LogP contribution < -0.4 is 5.56 Å². The number of benzene rings is 3. The van der Waals surface area contributed by atoms with Crippen LogP contribution in [0.5, 0.6) is 0 Å². The van der Waals surface area contributed by atoms with Gasteiger partial charge in [-0.1, -0.05) is 47.6 Å². The molecule has 3 aromatic carbocycles. The van der Waals surface area contributed by atoms with Crippen molar-refractivity contribution in [1.29, 1.82) is 0 Å². The number of nitrogens with zero attached hydrogens (tertiary/aromatic N) is 4. The lowest BCUT2D eigenvalue weighted by Crippen LogP contribution is -2.22. The highest BCUT2D eigenvalue weighted by atomic mass is 35.5. The lowest BCUT2D eigenvalue weighted by molar-refractivity contribution is 0.527. The molecule has 5 aromatic rings. The molecule has 0 unspecified atom stereocenters. The molecule has 0 radical (unpaired) electrons. The van der Waals surface area contributed by atoms with E-state index in [4.69, 9.17) is 21.0 Å². The monoisotopic (exact) mass is 448 g/mol. The fourth-order valence-electron chi connectivity index (χ4n) is 3.42.